The monoisotopic (exact) mass is 263 g/mol. The minimum Gasteiger partial charge on any atom is -0.496 e. The smallest absolute Gasteiger partial charge is 0.293 e. The highest BCUT2D eigenvalue weighted by Crippen LogP contribution is 2.31. The fourth-order valence-corrected chi connectivity index (χ4v) is 2.45. The summed E-state index contributed by atoms with van der Waals surface area (Å²) in [6, 6.07) is 5.65. The van der Waals surface area contributed by atoms with Crippen LogP contribution in [0.1, 0.15) is 11.1 Å². The number of carbonyl (C=O) groups excluding carboxylic acids is 2. The Morgan fingerprint density at radius 2 is 2.06 bits per heavy atom. The highest BCUT2D eigenvalue weighted by molar-refractivity contribution is 8.18. The average molecular weight is 263 g/mol. The van der Waals surface area contributed by atoms with Gasteiger partial charge in [0.15, 0.2) is 0 Å². The highest BCUT2D eigenvalue weighted by atomic mass is 32.2. The summed E-state index contributed by atoms with van der Waals surface area (Å²) in [4.78, 5) is 24.6. The maximum Gasteiger partial charge on any atom is 0.293 e. The first-order valence-corrected chi connectivity index (χ1v) is 6.21. The fraction of sp³-hybridized carbons (Fsp3) is 0.231. The first-order chi connectivity index (χ1) is 8.52. The fourth-order valence-electron chi connectivity index (χ4n) is 1.62. The molecular formula is C13H13NO3S. The van der Waals surface area contributed by atoms with E-state index in [-0.39, 0.29) is 11.1 Å². The number of amides is 2. The second-order valence-electron chi connectivity index (χ2n) is 3.97. The molecule has 0 bridgehead atoms. The number of likely N-dealkylation sites (N-methyl/N-ethyl adjacent to an activating group) is 1. The molecule has 1 aliphatic rings. The Labute approximate surface area is 110 Å². The summed E-state index contributed by atoms with van der Waals surface area (Å²) in [6.07, 6.45) is 1.70. The first kappa shape index (κ1) is 12.7. The molecule has 0 aliphatic carbocycles. The van der Waals surface area contributed by atoms with Crippen LogP contribution in [-0.4, -0.2) is 30.2 Å². The Balaban J connectivity index is 2.34. The Morgan fingerprint density at radius 3 is 2.61 bits per heavy atom. The number of ether oxygens (including phenoxy) is 1. The number of methoxy groups -OCH3 is 1. The molecule has 1 fully saturated rings. The van der Waals surface area contributed by atoms with Gasteiger partial charge in [-0.3, -0.25) is 14.5 Å². The van der Waals surface area contributed by atoms with E-state index in [0.29, 0.717) is 4.91 Å². The zero-order chi connectivity index (χ0) is 13.3. The molecule has 1 aromatic rings. The normalized spacial score (nSPS) is 17.7. The third-order valence-corrected chi connectivity index (χ3v) is 3.68. The van der Waals surface area contributed by atoms with E-state index >= 15 is 0 Å². The maximum atomic E-state index is 11.7. The van der Waals surface area contributed by atoms with Gasteiger partial charge in [-0.15, -0.1) is 0 Å². The Morgan fingerprint density at radius 1 is 1.33 bits per heavy atom. The van der Waals surface area contributed by atoms with Crippen LogP contribution in [0.5, 0.6) is 5.75 Å². The Bertz CT molecular complexity index is 551. The van der Waals surface area contributed by atoms with Gasteiger partial charge in [0.25, 0.3) is 11.1 Å². The number of hydrogen-bond donors (Lipinski definition) is 0. The van der Waals surface area contributed by atoms with Crippen molar-refractivity contribution in [2.75, 3.05) is 14.2 Å². The van der Waals surface area contributed by atoms with Gasteiger partial charge >= 0.3 is 0 Å². The third-order valence-electron chi connectivity index (χ3n) is 2.72. The number of rotatable bonds is 2. The van der Waals surface area contributed by atoms with Crippen molar-refractivity contribution in [1.29, 1.82) is 0 Å². The molecule has 0 unspecified atom stereocenters. The molecule has 2 rings (SSSR count). The van der Waals surface area contributed by atoms with Crippen LogP contribution >= 0.6 is 11.8 Å². The van der Waals surface area contributed by atoms with Crippen molar-refractivity contribution in [3.8, 4) is 5.75 Å². The molecule has 0 aromatic heterocycles. The van der Waals surface area contributed by atoms with Crippen LogP contribution < -0.4 is 4.74 Å². The summed E-state index contributed by atoms with van der Waals surface area (Å²) in [5.74, 6) is 0.504. The predicted molar refractivity (Wildman–Crippen MR) is 71.5 cm³/mol. The molecule has 0 radical (unpaired) electrons. The van der Waals surface area contributed by atoms with Crippen LogP contribution in [-0.2, 0) is 4.79 Å². The van der Waals surface area contributed by atoms with Gasteiger partial charge in [-0.25, -0.2) is 0 Å². The average Bonchev–Trinajstić information content (AvgIpc) is 2.59. The van der Waals surface area contributed by atoms with Crippen molar-refractivity contribution in [2.45, 2.75) is 6.92 Å². The molecular weight excluding hydrogens is 250 g/mol. The van der Waals surface area contributed by atoms with Gasteiger partial charge < -0.3 is 4.74 Å². The lowest BCUT2D eigenvalue weighted by Gasteiger charge is -2.05. The summed E-state index contributed by atoms with van der Waals surface area (Å²) < 4.78 is 5.22. The number of thioether (sulfide) groups is 1. The molecule has 0 saturated carbocycles. The van der Waals surface area contributed by atoms with Gasteiger partial charge in [-0.1, -0.05) is 12.1 Å². The molecule has 0 atom stereocenters. The van der Waals surface area contributed by atoms with Crippen molar-refractivity contribution in [3.05, 3.63) is 34.2 Å². The number of benzene rings is 1. The number of imide groups is 1. The topological polar surface area (TPSA) is 46.6 Å². The lowest BCUT2D eigenvalue weighted by atomic mass is 10.1. The van der Waals surface area contributed by atoms with Crippen LogP contribution in [0, 0.1) is 6.92 Å². The molecule has 1 saturated heterocycles. The van der Waals surface area contributed by atoms with Gasteiger partial charge in [0.1, 0.15) is 5.75 Å². The molecule has 4 nitrogen and oxygen atoms in total. The third kappa shape index (κ3) is 2.26. The van der Waals surface area contributed by atoms with Crippen LogP contribution in [0.2, 0.25) is 0 Å². The van der Waals surface area contributed by atoms with E-state index in [2.05, 4.69) is 0 Å². The quantitative estimate of drug-likeness (QED) is 0.770. The van der Waals surface area contributed by atoms with E-state index in [9.17, 15) is 9.59 Å². The van der Waals surface area contributed by atoms with Gasteiger partial charge in [0.05, 0.1) is 12.0 Å². The minimum absolute atomic E-state index is 0.245. The van der Waals surface area contributed by atoms with Gasteiger partial charge in [0, 0.05) is 7.05 Å². The molecule has 94 valence electrons. The molecule has 1 aromatic carbocycles. The lowest BCUT2D eigenvalue weighted by molar-refractivity contribution is -0.121. The number of carbonyl (C=O) groups is 2. The Hall–Kier alpha value is -1.75. The van der Waals surface area contributed by atoms with E-state index in [1.807, 2.05) is 25.1 Å². The van der Waals surface area contributed by atoms with Crippen molar-refractivity contribution >= 4 is 29.0 Å². The number of nitrogens with zero attached hydrogens (tertiary/aromatic N) is 1. The van der Waals surface area contributed by atoms with Crippen molar-refractivity contribution in [1.82, 2.24) is 4.90 Å². The number of hydrogen-bond acceptors (Lipinski definition) is 4. The molecule has 18 heavy (non-hydrogen) atoms. The highest BCUT2D eigenvalue weighted by Gasteiger charge is 2.31. The van der Waals surface area contributed by atoms with Crippen molar-refractivity contribution in [2.24, 2.45) is 0 Å². The molecule has 1 heterocycles. The second-order valence-corrected chi connectivity index (χ2v) is 4.96. The largest absolute Gasteiger partial charge is 0.496 e. The van der Waals surface area contributed by atoms with Gasteiger partial charge in [-0.2, -0.15) is 0 Å². The van der Waals surface area contributed by atoms with E-state index in [4.69, 9.17) is 4.74 Å². The number of aryl methyl sites for hydroxylation is 1. The summed E-state index contributed by atoms with van der Waals surface area (Å²) in [7, 11) is 3.08. The van der Waals surface area contributed by atoms with Crippen LogP contribution in [0.4, 0.5) is 4.79 Å². The predicted octanol–water partition coefficient (Wildman–Crippen LogP) is 2.67. The first-order valence-electron chi connectivity index (χ1n) is 5.39. The van der Waals surface area contributed by atoms with Gasteiger partial charge in [0.2, 0.25) is 0 Å². The van der Waals surface area contributed by atoms with Gasteiger partial charge in [-0.05, 0) is 42.0 Å². The minimum atomic E-state index is -0.260. The van der Waals surface area contributed by atoms with Crippen molar-refractivity contribution < 1.29 is 14.3 Å². The summed E-state index contributed by atoms with van der Waals surface area (Å²) >= 11 is 0.952. The summed E-state index contributed by atoms with van der Waals surface area (Å²) in [5.41, 5.74) is 1.87. The van der Waals surface area contributed by atoms with E-state index in [0.717, 1.165) is 33.5 Å². The van der Waals surface area contributed by atoms with Crippen molar-refractivity contribution in [3.63, 3.8) is 0 Å². The lowest BCUT2D eigenvalue weighted by Crippen LogP contribution is -2.22. The maximum absolute atomic E-state index is 11.7. The summed E-state index contributed by atoms with van der Waals surface area (Å²) in [6.45, 7) is 1.95. The zero-order valence-corrected chi connectivity index (χ0v) is 11.2. The molecule has 5 heteroatoms. The Kier molecular flexibility index (Phi) is 3.43. The van der Waals surface area contributed by atoms with Crippen LogP contribution in [0.25, 0.3) is 6.08 Å². The van der Waals surface area contributed by atoms with Crippen LogP contribution in [0.15, 0.2) is 23.1 Å². The van der Waals surface area contributed by atoms with E-state index in [1.54, 1.807) is 13.2 Å². The molecule has 1 aliphatic heterocycles. The van der Waals surface area contributed by atoms with E-state index < -0.39 is 0 Å². The SMILES string of the molecule is COc1cc(/C=C2/SC(=O)N(C)C2=O)ccc1C. The second kappa shape index (κ2) is 4.86. The van der Waals surface area contributed by atoms with E-state index in [1.165, 1.54) is 7.05 Å². The molecule has 0 spiro atoms. The summed E-state index contributed by atoms with van der Waals surface area (Å²) in [5, 5.41) is -0.245. The molecule has 0 N–H and O–H groups in total. The van der Waals surface area contributed by atoms with Crippen LogP contribution in [0.3, 0.4) is 0 Å². The standard InChI is InChI=1S/C13H13NO3S/c1-8-4-5-9(6-10(8)17-3)7-11-12(15)14(2)13(16)18-11/h4-7H,1-3H3/b11-7+. The molecule has 2 amide bonds. The zero-order valence-electron chi connectivity index (χ0n) is 10.4.